The van der Waals surface area contributed by atoms with Crippen LogP contribution in [0, 0.1) is 0 Å². The highest BCUT2D eigenvalue weighted by molar-refractivity contribution is 5.30. The van der Waals surface area contributed by atoms with Gasteiger partial charge in [0.15, 0.2) is 0 Å². The topological polar surface area (TPSA) is 34.1 Å². The molecule has 0 saturated heterocycles. The smallest absolute Gasteiger partial charge is 0.119 e. The molecule has 2 rings (SSSR count). The summed E-state index contributed by atoms with van der Waals surface area (Å²) in [4.78, 5) is 4.37. The molecule has 2 aromatic rings. The first-order chi connectivity index (χ1) is 9.33. The second-order valence-electron chi connectivity index (χ2n) is 4.37. The Kier molecular flexibility index (Phi) is 4.93. The summed E-state index contributed by atoms with van der Waals surface area (Å²) in [5.74, 6) is 0.916. The third kappa shape index (κ3) is 3.80. The summed E-state index contributed by atoms with van der Waals surface area (Å²) in [5, 5.41) is 3.34. The van der Waals surface area contributed by atoms with E-state index >= 15 is 0 Å². The van der Waals surface area contributed by atoms with Gasteiger partial charge in [-0.25, -0.2) is 0 Å². The zero-order valence-electron chi connectivity index (χ0n) is 11.5. The van der Waals surface area contributed by atoms with Crippen LogP contribution < -0.4 is 10.1 Å². The molecule has 0 spiro atoms. The minimum Gasteiger partial charge on any atom is -0.494 e. The summed E-state index contributed by atoms with van der Waals surface area (Å²) >= 11 is 0. The van der Waals surface area contributed by atoms with E-state index in [9.17, 15) is 0 Å². The molecule has 100 valence electrons. The van der Waals surface area contributed by atoms with Crippen molar-refractivity contribution in [1.29, 1.82) is 0 Å². The van der Waals surface area contributed by atoms with Crippen LogP contribution >= 0.6 is 0 Å². The first-order valence-electron chi connectivity index (χ1n) is 6.63. The molecule has 19 heavy (non-hydrogen) atoms. The van der Waals surface area contributed by atoms with Crippen molar-refractivity contribution in [2.24, 2.45) is 0 Å². The van der Waals surface area contributed by atoms with Gasteiger partial charge in [-0.1, -0.05) is 18.2 Å². The van der Waals surface area contributed by atoms with E-state index in [4.69, 9.17) is 4.74 Å². The number of pyridine rings is 1. The zero-order valence-corrected chi connectivity index (χ0v) is 11.5. The van der Waals surface area contributed by atoms with E-state index in [1.54, 1.807) is 0 Å². The van der Waals surface area contributed by atoms with E-state index in [0.717, 1.165) is 17.9 Å². The summed E-state index contributed by atoms with van der Waals surface area (Å²) in [6.45, 7) is 2.69. The molecular weight excluding hydrogens is 236 g/mol. The molecule has 0 bridgehead atoms. The number of hydrogen-bond donors (Lipinski definition) is 1. The van der Waals surface area contributed by atoms with Gasteiger partial charge in [-0.15, -0.1) is 0 Å². The summed E-state index contributed by atoms with van der Waals surface area (Å²) < 4.78 is 5.46. The van der Waals surface area contributed by atoms with Gasteiger partial charge in [0.05, 0.1) is 6.61 Å². The molecule has 3 nitrogen and oxygen atoms in total. The molecule has 1 aromatic carbocycles. The predicted octanol–water partition coefficient (Wildman–Crippen LogP) is 2.98. The number of aromatic nitrogens is 1. The van der Waals surface area contributed by atoms with Crippen LogP contribution in [0.15, 0.2) is 48.7 Å². The Balaban J connectivity index is 2.08. The molecule has 0 aliphatic carbocycles. The van der Waals surface area contributed by atoms with Crippen LogP contribution in [-0.2, 0) is 6.42 Å². The van der Waals surface area contributed by atoms with Crippen LogP contribution in [-0.4, -0.2) is 18.6 Å². The molecule has 3 heteroatoms. The van der Waals surface area contributed by atoms with Crippen molar-refractivity contribution in [2.45, 2.75) is 19.4 Å². The first kappa shape index (κ1) is 13.6. The highest BCUT2D eigenvalue weighted by atomic mass is 16.5. The standard InChI is InChI=1S/C16H20N2O/c1-3-19-15-9-7-13(8-10-15)16(17-2)12-14-6-4-5-11-18-14/h4-11,16-17H,3,12H2,1-2H3. The highest BCUT2D eigenvalue weighted by Crippen LogP contribution is 2.20. The van der Waals surface area contributed by atoms with E-state index in [0.29, 0.717) is 6.61 Å². The van der Waals surface area contributed by atoms with Crippen molar-refractivity contribution in [2.75, 3.05) is 13.7 Å². The maximum atomic E-state index is 5.46. The van der Waals surface area contributed by atoms with Crippen LogP contribution in [0.1, 0.15) is 24.2 Å². The molecule has 0 aliphatic heterocycles. The predicted molar refractivity (Wildman–Crippen MR) is 77.4 cm³/mol. The molecule has 1 heterocycles. The fraction of sp³-hybridized carbons (Fsp3) is 0.312. The Hall–Kier alpha value is -1.87. The van der Waals surface area contributed by atoms with Gasteiger partial charge in [-0.3, -0.25) is 4.98 Å². The number of likely N-dealkylation sites (N-methyl/N-ethyl adjacent to an activating group) is 1. The van der Waals surface area contributed by atoms with E-state index in [1.165, 1.54) is 5.56 Å². The highest BCUT2D eigenvalue weighted by Gasteiger charge is 2.10. The molecule has 1 atom stereocenters. The van der Waals surface area contributed by atoms with Crippen molar-refractivity contribution < 1.29 is 4.74 Å². The quantitative estimate of drug-likeness (QED) is 0.862. The van der Waals surface area contributed by atoms with E-state index in [1.807, 2.05) is 44.4 Å². The maximum Gasteiger partial charge on any atom is 0.119 e. The number of nitrogens with one attached hydrogen (secondary N) is 1. The normalized spacial score (nSPS) is 12.1. The van der Waals surface area contributed by atoms with Gasteiger partial charge >= 0.3 is 0 Å². The summed E-state index contributed by atoms with van der Waals surface area (Å²) in [6.07, 6.45) is 2.71. The van der Waals surface area contributed by atoms with Gasteiger partial charge in [-0.05, 0) is 43.8 Å². The molecule has 0 saturated carbocycles. The Morgan fingerprint density at radius 1 is 1.16 bits per heavy atom. The van der Waals surface area contributed by atoms with Crippen molar-refractivity contribution in [1.82, 2.24) is 10.3 Å². The third-order valence-electron chi connectivity index (χ3n) is 3.08. The van der Waals surface area contributed by atoms with Gasteiger partial charge in [0.1, 0.15) is 5.75 Å². The molecule has 0 fully saturated rings. The maximum absolute atomic E-state index is 5.46. The lowest BCUT2D eigenvalue weighted by Gasteiger charge is -2.16. The third-order valence-corrected chi connectivity index (χ3v) is 3.08. The number of ether oxygens (including phenoxy) is 1. The number of benzene rings is 1. The molecule has 0 aliphatic rings. The van der Waals surface area contributed by atoms with E-state index in [2.05, 4.69) is 28.5 Å². The van der Waals surface area contributed by atoms with Gasteiger partial charge in [0, 0.05) is 24.4 Å². The largest absolute Gasteiger partial charge is 0.494 e. The Labute approximate surface area is 114 Å². The molecule has 0 radical (unpaired) electrons. The second-order valence-corrected chi connectivity index (χ2v) is 4.37. The summed E-state index contributed by atoms with van der Waals surface area (Å²) in [7, 11) is 1.98. The number of nitrogens with zero attached hydrogens (tertiary/aromatic N) is 1. The van der Waals surface area contributed by atoms with Crippen LogP contribution in [0.3, 0.4) is 0 Å². The van der Waals surface area contributed by atoms with Crippen LogP contribution in [0.4, 0.5) is 0 Å². The average molecular weight is 256 g/mol. The van der Waals surface area contributed by atoms with E-state index < -0.39 is 0 Å². The zero-order chi connectivity index (χ0) is 13.5. The lowest BCUT2D eigenvalue weighted by molar-refractivity contribution is 0.340. The van der Waals surface area contributed by atoms with Crippen LogP contribution in [0.5, 0.6) is 5.75 Å². The lowest BCUT2D eigenvalue weighted by atomic mass is 10.0. The van der Waals surface area contributed by atoms with E-state index in [-0.39, 0.29) is 6.04 Å². The van der Waals surface area contributed by atoms with Gasteiger partial charge in [0.2, 0.25) is 0 Å². The molecule has 1 unspecified atom stereocenters. The fourth-order valence-corrected chi connectivity index (χ4v) is 2.08. The van der Waals surface area contributed by atoms with Crippen molar-refractivity contribution in [3.05, 3.63) is 59.9 Å². The Morgan fingerprint density at radius 2 is 1.95 bits per heavy atom. The SMILES string of the molecule is CCOc1ccc(C(Cc2ccccn2)NC)cc1. The fourth-order valence-electron chi connectivity index (χ4n) is 2.08. The van der Waals surface area contributed by atoms with Crippen molar-refractivity contribution in [3.8, 4) is 5.75 Å². The van der Waals surface area contributed by atoms with Crippen molar-refractivity contribution >= 4 is 0 Å². The summed E-state index contributed by atoms with van der Waals surface area (Å²) in [6, 6.07) is 14.5. The van der Waals surface area contributed by atoms with Gasteiger partial charge in [-0.2, -0.15) is 0 Å². The minimum absolute atomic E-state index is 0.269. The molecule has 1 N–H and O–H groups in total. The van der Waals surface area contributed by atoms with Gasteiger partial charge in [0.25, 0.3) is 0 Å². The van der Waals surface area contributed by atoms with Crippen LogP contribution in [0.25, 0.3) is 0 Å². The van der Waals surface area contributed by atoms with Gasteiger partial charge < -0.3 is 10.1 Å². The Bertz CT molecular complexity index is 482. The first-order valence-corrected chi connectivity index (χ1v) is 6.63. The van der Waals surface area contributed by atoms with Crippen LogP contribution in [0.2, 0.25) is 0 Å². The number of hydrogen-bond acceptors (Lipinski definition) is 3. The Morgan fingerprint density at radius 3 is 2.53 bits per heavy atom. The minimum atomic E-state index is 0.269. The van der Waals surface area contributed by atoms with Crippen molar-refractivity contribution in [3.63, 3.8) is 0 Å². The average Bonchev–Trinajstić information content (AvgIpc) is 2.47. The molecule has 0 amide bonds. The second kappa shape index (κ2) is 6.90. The number of rotatable bonds is 6. The molecular formula is C16H20N2O. The molecule has 1 aromatic heterocycles. The lowest BCUT2D eigenvalue weighted by Crippen LogP contribution is -2.19. The monoisotopic (exact) mass is 256 g/mol. The summed E-state index contributed by atoms with van der Waals surface area (Å²) in [5.41, 5.74) is 2.34.